The molecule has 1 amide bonds. The van der Waals surface area contributed by atoms with E-state index in [0.717, 1.165) is 19.6 Å². The number of nitrogens with zero attached hydrogens (tertiary/aromatic N) is 1. The minimum absolute atomic E-state index is 0.00122. The zero-order valence-electron chi connectivity index (χ0n) is 12.1. The van der Waals surface area contributed by atoms with Gasteiger partial charge in [0.1, 0.15) is 6.61 Å². The Morgan fingerprint density at radius 3 is 2.60 bits per heavy atom. The Bertz CT molecular complexity index is 445. The average Bonchev–Trinajstić information content (AvgIpc) is 2.64. The lowest BCUT2D eigenvalue weighted by Crippen LogP contribution is -2.47. The molecular weight excluding hydrogens is 280 g/mol. The third-order valence-electron chi connectivity index (χ3n) is 4.00. The fourth-order valence-electron chi connectivity index (χ4n) is 2.84. The van der Waals surface area contributed by atoms with Gasteiger partial charge in [-0.25, -0.2) is 13.2 Å². The molecule has 0 spiro atoms. The highest BCUT2D eigenvalue weighted by Gasteiger charge is 2.39. The lowest BCUT2D eigenvalue weighted by atomic mass is 10.0. The van der Waals surface area contributed by atoms with E-state index in [1.807, 2.05) is 0 Å². The number of rotatable bonds is 4. The van der Waals surface area contributed by atoms with Crippen LogP contribution in [0.1, 0.15) is 32.6 Å². The minimum atomic E-state index is -3.02. The summed E-state index contributed by atoms with van der Waals surface area (Å²) in [6.07, 6.45) is 3.65. The molecule has 0 unspecified atom stereocenters. The Morgan fingerprint density at radius 2 is 2.00 bits per heavy atom. The van der Waals surface area contributed by atoms with Crippen molar-refractivity contribution >= 4 is 15.9 Å². The van der Waals surface area contributed by atoms with Crippen molar-refractivity contribution in [2.24, 2.45) is 0 Å². The van der Waals surface area contributed by atoms with Gasteiger partial charge in [0, 0.05) is 6.54 Å². The Kier molecular flexibility index (Phi) is 4.90. The van der Waals surface area contributed by atoms with Crippen molar-refractivity contribution in [3.63, 3.8) is 0 Å². The zero-order valence-corrected chi connectivity index (χ0v) is 12.9. The van der Waals surface area contributed by atoms with E-state index in [9.17, 15) is 13.2 Å². The molecular formula is C13H24N2O4S. The van der Waals surface area contributed by atoms with Crippen molar-refractivity contribution in [1.29, 1.82) is 0 Å². The molecule has 0 aromatic carbocycles. The quantitative estimate of drug-likeness (QED) is 0.830. The largest absolute Gasteiger partial charge is 0.448 e. The van der Waals surface area contributed by atoms with Gasteiger partial charge in [-0.1, -0.05) is 6.42 Å². The smallest absolute Gasteiger partial charge is 0.407 e. The van der Waals surface area contributed by atoms with Crippen LogP contribution >= 0.6 is 0 Å². The van der Waals surface area contributed by atoms with Gasteiger partial charge >= 0.3 is 6.09 Å². The number of alkyl carbamates (subject to hydrolysis) is 1. The fraction of sp³-hybridized carbons (Fsp3) is 0.923. The number of piperidine rings is 1. The Balaban J connectivity index is 1.67. The Hall–Kier alpha value is -0.820. The Labute approximate surface area is 120 Å². The number of likely N-dealkylation sites (tertiary alicyclic amines) is 1. The number of carbonyl (C=O) groups excluding carboxylic acids is 1. The molecule has 2 saturated heterocycles. The highest BCUT2D eigenvalue weighted by Crippen LogP contribution is 2.22. The van der Waals surface area contributed by atoms with Crippen LogP contribution in [0.3, 0.4) is 0 Å². The van der Waals surface area contributed by atoms with Crippen molar-refractivity contribution in [3.8, 4) is 0 Å². The molecule has 2 aliphatic rings. The first-order valence-corrected chi connectivity index (χ1v) is 9.08. The second-order valence-electron chi connectivity index (χ2n) is 6.07. The molecule has 0 radical (unpaired) electrons. The van der Waals surface area contributed by atoms with E-state index in [-0.39, 0.29) is 11.5 Å². The molecule has 7 heteroatoms. The van der Waals surface area contributed by atoms with E-state index in [1.54, 1.807) is 6.92 Å². The number of carbonyl (C=O) groups is 1. The maximum absolute atomic E-state index is 11.7. The molecule has 2 rings (SSSR count). The highest BCUT2D eigenvalue weighted by atomic mass is 32.2. The fourth-order valence-corrected chi connectivity index (χ4v) is 4.94. The van der Waals surface area contributed by atoms with Crippen molar-refractivity contribution < 1.29 is 17.9 Å². The number of nitrogens with one attached hydrogen (secondary N) is 1. The molecule has 0 aromatic heterocycles. The van der Waals surface area contributed by atoms with Crippen molar-refractivity contribution in [2.75, 3.05) is 37.7 Å². The summed E-state index contributed by atoms with van der Waals surface area (Å²) in [5.41, 5.74) is -0.680. The zero-order chi connectivity index (χ0) is 14.6. The lowest BCUT2D eigenvalue weighted by molar-refractivity contribution is 0.114. The van der Waals surface area contributed by atoms with Crippen LogP contribution in [-0.4, -0.2) is 62.7 Å². The predicted molar refractivity (Wildman–Crippen MR) is 76.5 cm³/mol. The van der Waals surface area contributed by atoms with E-state index in [0.29, 0.717) is 13.0 Å². The molecule has 0 saturated carbocycles. The first-order valence-electron chi connectivity index (χ1n) is 7.26. The van der Waals surface area contributed by atoms with Crippen LogP contribution < -0.4 is 5.32 Å². The van der Waals surface area contributed by atoms with Crippen LogP contribution in [0.15, 0.2) is 0 Å². The summed E-state index contributed by atoms with van der Waals surface area (Å²) < 4.78 is 28.1. The molecule has 6 nitrogen and oxygen atoms in total. The maximum Gasteiger partial charge on any atom is 0.407 e. The van der Waals surface area contributed by atoms with Crippen molar-refractivity contribution in [1.82, 2.24) is 10.2 Å². The van der Waals surface area contributed by atoms with Gasteiger partial charge in [0.15, 0.2) is 9.84 Å². The number of hydrogen-bond donors (Lipinski definition) is 1. The van der Waals surface area contributed by atoms with Crippen molar-refractivity contribution in [3.05, 3.63) is 0 Å². The summed E-state index contributed by atoms with van der Waals surface area (Å²) in [5.74, 6) is 0.138. The topological polar surface area (TPSA) is 75.7 Å². The number of ether oxygens (including phenoxy) is 1. The molecule has 0 aromatic rings. The molecule has 1 N–H and O–H groups in total. The molecule has 2 heterocycles. The van der Waals surface area contributed by atoms with Crippen LogP contribution in [0.4, 0.5) is 4.79 Å². The molecule has 0 bridgehead atoms. The molecule has 20 heavy (non-hydrogen) atoms. The van der Waals surface area contributed by atoms with E-state index in [4.69, 9.17) is 4.74 Å². The lowest BCUT2D eigenvalue weighted by Gasteiger charge is -2.27. The molecule has 1 atom stereocenters. The number of hydrogen-bond acceptors (Lipinski definition) is 5. The van der Waals surface area contributed by atoms with Crippen LogP contribution in [0.2, 0.25) is 0 Å². The normalized spacial score (nSPS) is 30.1. The summed E-state index contributed by atoms with van der Waals surface area (Å²) in [5, 5.41) is 2.69. The van der Waals surface area contributed by atoms with E-state index in [1.165, 1.54) is 19.3 Å². The summed E-state index contributed by atoms with van der Waals surface area (Å²) >= 11 is 0. The van der Waals surface area contributed by atoms with Gasteiger partial charge in [0.05, 0.1) is 17.0 Å². The third-order valence-corrected chi connectivity index (χ3v) is 5.90. The third kappa shape index (κ3) is 4.63. The summed E-state index contributed by atoms with van der Waals surface area (Å²) in [4.78, 5) is 14.0. The first-order chi connectivity index (χ1) is 9.39. The highest BCUT2D eigenvalue weighted by molar-refractivity contribution is 7.91. The standard InChI is InChI=1S/C13H24N2O4S/c1-13(5-10-20(17,18)11-13)14-12(16)19-9-8-15-6-3-2-4-7-15/h2-11H2,1H3,(H,14,16)/t13-/m0/s1. The van der Waals surface area contributed by atoms with E-state index >= 15 is 0 Å². The van der Waals surface area contributed by atoms with Gasteiger partial charge < -0.3 is 10.1 Å². The van der Waals surface area contributed by atoms with Gasteiger partial charge in [-0.05, 0) is 39.3 Å². The van der Waals surface area contributed by atoms with Gasteiger partial charge in [-0.3, -0.25) is 4.90 Å². The van der Waals surface area contributed by atoms with Gasteiger partial charge in [-0.2, -0.15) is 0 Å². The second kappa shape index (κ2) is 6.30. The predicted octanol–water partition coefficient (Wildman–Crippen LogP) is 0.776. The molecule has 2 fully saturated rings. The van der Waals surface area contributed by atoms with Gasteiger partial charge in [-0.15, -0.1) is 0 Å². The van der Waals surface area contributed by atoms with E-state index < -0.39 is 21.5 Å². The van der Waals surface area contributed by atoms with Crippen molar-refractivity contribution in [2.45, 2.75) is 38.1 Å². The van der Waals surface area contributed by atoms with Gasteiger partial charge in [0.25, 0.3) is 0 Å². The summed E-state index contributed by atoms with van der Waals surface area (Å²) in [6.45, 7) is 5.00. The molecule has 0 aliphatic carbocycles. The first kappa shape index (κ1) is 15.6. The monoisotopic (exact) mass is 304 g/mol. The molecule has 2 aliphatic heterocycles. The van der Waals surface area contributed by atoms with Crippen LogP contribution in [0.25, 0.3) is 0 Å². The van der Waals surface area contributed by atoms with Crippen LogP contribution in [0.5, 0.6) is 0 Å². The van der Waals surface area contributed by atoms with Gasteiger partial charge in [0.2, 0.25) is 0 Å². The summed E-state index contributed by atoms with van der Waals surface area (Å²) in [7, 11) is -3.02. The minimum Gasteiger partial charge on any atom is -0.448 e. The summed E-state index contributed by atoms with van der Waals surface area (Å²) in [6, 6.07) is 0. The van der Waals surface area contributed by atoms with Crippen LogP contribution in [-0.2, 0) is 14.6 Å². The van der Waals surface area contributed by atoms with Crippen LogP contribution in [0, 0.1) is 0 Å². The SMILES string of the molecule is C[C@]1(NC(=O)OCCN2CCCCC2)CCS(=O)(=O)C1. The second-order valence-corrected chi connectivity index (χ2v) is 8.25. The number of sulfone groups is 1. The number of amides is 1. The Morgan fingerprint density at radius 1 is 1.30 bits per heavy atom. The maximum atomic E-state index is 11.7. The van der Waals surface area contributed by atoms with E-state index in [2.05, 4.69) is 10.2 Å². The average molecular weight is 304 g/mol. The molecule has 116 valence electrons.